The molecule has 0 bridgehead atoms. The van der Waals surface area contributed by atoms with Crippen LogP contribution in [0.2, 0.25) is 0 Å². The van der Waals surface area contributed by atoms with E-state index in [0.717, 1.165) is 5.69 Å². The van der Waals surface area contributed by atoms with Crippen LogP contribution < -0.4 is 5.32 Å². The number of benzene rings is 2. The Morgan fingerprint density at radius 3 is 2.15 bits per heavy atom. The minimum Gasteiger partial charge on any atom is -0.350 e. The highest BCUT2D eigenvalue weighted by Crippen LogP contribution is 2.31. The molecule has 4 nitrogen and oxygen atoms in total. The lowest BCUT2D eigenvalue weighted by atomic mass is 10.0. The number of hydrogen-bond acceptors (Lipinski definition) is 3. The topological polar surface area (TPSA) is 49.4 Å². The number of carbonyl (C=O) groups excluding carboxylic acids is 2. The Balaban J connectivity index is 2.01. The van der Waals surface area contributed by atoms with Gasteiger partial charge in [0.25, 0.3) is 11.8 Å². The van der Waals surface area contributed by atoms with Crippen molar-refractivity contribution in [2.24, 2.45) is 0 Å². The highest BCUT2D eigenvalue weighted by atomic mass is 19.1. The first-order valence-corrected chi connectivity index (χ1v) is 9.15. The van der Waals surface area contributed by atoms with Gasteiger partial charge in [-0.05, 0) is 47.7 Å². The fourth-order valence-corrected chi connectivity index (χ4v) is 3.10. The van der Waals surface area contributed by atoms with Gasteiger partial charge in [-0.15, -0.1) is 0 Å². The predicted octanol–water partition coefficient (Wildman–Crippen LogP) is 4.55. The summed E-state index contributed by atoms with van der Waals surface area (Å²) in [6, 6.07) is 13.4. The fourth-order valence-electron chi connectivity index (χ4n) is 3.10. The summed E-state index contributed by atoms with van der Waals surface area (Å²) in [7, 11) is 0. The molecule has 27 heavy (non-hydrogen) atoms. The van der Waals surface area contributed by atoms with Crippen molar-refractivity contribution in [2.75, 3.05) is 11.9 Å². The van der Waals surface area contributed by atoms with Crippen LogP contribution in [0.1, 0.15) is 44.2 Å². The van der Waals surface area contributed by atoms with Crippen LogP contribution in [-0.2, 0) is 9.59 Å². The Morgan fingerprint density at radius 2 is 1.59 bits per heavy atom. The maximum Gasteiger partial charge on any atom is 0.278 e. The first-order chi connectivity index (χ1) is 12.9. The lowest BCUT2D eigenvalue weighted by molar-refractivity contribution is -0.136. The molecule has 1 N–H and O–H groups in total. The Bertz CT molecular complexity index is 884. The SMILES string of the molecule is CCCN1C(=O)C(Nc2ccc(C(C)C)cc2)=C(c2ccc(F)cc2)C1=O. The summed E-state index contributed by atoms with van der Waals surface area (Å²) in [4.78, 5) is 26.9. The zero-order chi connectivity index (χ0) is 19.6. The summed E-state index contributed by atoms with van der Waals surface area (Å²) >= 11 is 0. The molecule has 0 radical (unpaired) electrons. The maximum absolute atomic E-state index is 13.3. The third kappa shape index (κ3) is 3.77. The van der Waals surface area contributed by atoms with Gasteiger partial charge in [0, 0.05) is 12.2 Å². The van der Waals surface area contributed by atoms with Gasteiger partial charge in [-0.1, -0.05) is 45.0 Å². The molecule has 2 amide bonds. The zero-order valence-electron chi connectivity index (χ0n) is 15.8. The molecule has 0 unspecified atom stereocenters. The number of amides is 2. The average molecular weight is 366 g/mol. The molecule has 1 heterocycles. The molecule has 0 atom stereocenters. The van der Waals surface area contributed by atoms with E-state index in [-0.39, 0.29) is 28.9 Å². The number of imide groups is 1. The van der Waals surface area contributed by atoms with Crippen molar-refractivity contribution in [3.63, 3.8) is 0 Å². The lowest BCUT2D eigenvalue weighted by Gasteiger charge is -2.14. The molecular formula is C22H23FN2O2. The molecule has 0 aromatic heterocycles. The molecule has 0 saturated heterocycles. The van der Waals surface area contributed by atoms with E-state index in [1.54, 1.807) is 0 Å². The molecule has 140 valence electrons. The Labute approximate surface area is 158 Å². The second-order valence-electron chi connectivity index (χ2n) is 6.92. The van der Waals surface area contributed by atoms with Gasteiger partial charge < -0.3 is 5.32 Å². The number of nitrogens with one attached hydrogen (secondary N) is 1. The summed E-state index contributed by atoms with van der Waals surface area (Å²) in [5.74, 6) is -0.688. The van der Waals surface area contributed by atoms with Crippen molar-refractivity contribution in [2.45, 2.75) is 33.1 Å². The van der Waals surface area contributed by atoms with Crippen molar-refractivity contribution in [1.29, 1.82) is 0 Å². The van der Waals surface area contributed by atoms with Gasteiger partial charge in [0.1, 0.15) is 11.5 Å². The standard InChI is InChI=1S/C22H23FN2O2/c1-4-13-25-21(26)19(16-5-9-17(23)10-6-16)20(22(25)27)24-18-11-7-15(8-12-18)14(2)3/h5-12,14,24H,4,13H2,1-3H3. The van der Waals surface area contributed by atoms with Crippen molar-refractivity contribution < 1.29 is 14.0 Å². The van der Waals surface area contributed by atoms with Gasteiger partial charge in [0.05, 0.1) is 5.57 Å². The third-order valence-electron chi connectivity index (χ3n) is 4.59. The molecule has 0 spiro atoms. The zero-order valence-corrected chi connectivity index (χ0v) is 15.8. The Kier molecular flexibility index (Phi) is 5.40. The van der Waals surface area contributed by atoms with E-state index < -0.39 is 0 Å². The summed E-state index contributed by atoms with van der Waals surface area (Å²) in [6.45, 7) is 6.48. The van der Waals surface area contributed by atoms with E-state index >= 15 is 0 Å². The summed E-state index contributed by atoms with van der Waals surface area (Å²) in [5, 5.41) is 3.11. The fraction of sp³-hybridized carbons (Fsp3) is 0.273. The van der Waals surface area contributed by atoms with Crippen LogP contribution in [0.3, 0.4) is 0 Å². The maximum atomic E-state index is 13.3. The number of nitrogens with zero attached hydrogens (tertiary/aromatic N) is 1. The number of halogens is 1. The molecule has 0 saturated carbocycles. The molecule has 0 aliphatic carbocycles. The molecule has 1 aliphatic rings. The van der Waals surface area contributed by atoms with E-state index in [1.807, 2.05) is 31.2 Å². The van der Waals surface area contributed by atoms with E-state index in [4.69, 9.17) is 0 Å². The normalized spacial score (nSPS) is 14.5. The Hall–Kier alpha value is -2.95. The summed E-state index contributed by atoms with van der Waals surface area (Å²) < 4.78 is 13.3. The minimum atomic E-state index is -0.389. The van der Waals surface area contributed by atoms with Gasteiger partial charge >= 0.3 is 0 Å². The molecule has 0 fully saturated rings. The van der Waals surface area contributed by atoms with Gasteiger partial charge in [-0.25, -0.2) is 4.39 Å². The second kappa shape index (κ2) is 7.74. The van der Waals surface area contributed by atoms with Crippen LogP contribution in [0.5, 0.6) is 0 Å². The first-order valence-electron chi connectivity index (χ1n) is 9.15. The lowest BCUT2D eigenvalue weighted by Crippen LogP contribution is -2.33. The third-order valence-corrected chi connectivity index (χ3v) is 4.59. The minimum absolute atomic E-state index is 0.234. The van der Waals surface area contributed by atoms with E-state index in [9.17, 15) is 14.0 Å². The Morgan fingerprint density at radius 1 is 0.963 bits per heavy atom. The highest BCUT2D eigenvalue weighted by molar-refractivity contribution is 6.36. The second-order valence-corrected chi connectivity index (χ2v) is 6.92. The van der Waals surface area contributed by atoms with Crippen molar-refractivity contribution in [1.82, 2.24) is 4.90 Å². The number of anilines is 1. The summed E-state index contributed by atoms with van der Waals surface area (Å²) in [5.41, 5.74) is 2.96. The molecule has 3 rings (SSSR count). The number of rotatable bonds is 6. The van der Waals surface area contributed by atoms with Crippen molar-refractivity contribution >= 4 is 23.1 Å². The smallest absolute Gasteiger partial charge is 0.278 e. The predicted molar refractivity (Wildman–Crippen MR) is 104 cm³/mol. The van der Waals surface area contributed by atoms with Gasteiger partial charge in [0.15, 0.2) is 0 Å². The van der Waals surface area contributed by atoms with Gasteiger partial charge in [-0.2, -0.15) is 0 Å². The summed E-state index contributed by atoms with van der Waals surface area (Å²) in [6.07, 6.45) is 0.671. The molecule has 1 aliphatic heterocycles. The van der Waals surface area contributed by atoms with E-state index in [1.165, 1.54) is 34.7 Å². The van der Waals surface area contributed by atoms with Crippen molar-refractivity contribution in [3.8, 4) is 0 Å². The first kappa shape index (κ1) is 18.8. The van der Waals surface area contributed by atoms with Crippen LogP contribution >= 0.6 is 0 Å². The number of carbonyl (C=O) groups is 2. The molecular weight excluding hydrogens is 343 g/mol. The van der Waals surface area contributed by atoms with Crippen LogP contribution in [0.25, 0.3) is 5.57 Å². The van der Waals surface area contributed by atoms with Crippen LogP contribution in [-0.4, -0.2) is 23.3 Å². The molecule has 2 aromatic carbocycles. The van der Waals surface area contributed by atoms with Crippen molar-refractivity contribution in [3.05, 3.63) is 71.2 Å². The van der Waals surface area contributed by atoms with Crippen LogP contribution in [0.4, 0.5) is 10.1 Å². The largest absolute Gasteiger partial charge is 0.350 e. The van der Waals surface area contributed by atoms with Crippen LogP contribution in [0, 0.1) is 5.82 Å². The number of hydrogen-bond donors (Lipinski definition) is 1. The molecule has 2 aromatic rings. The van der Waals surface area contributed by atoms with Gasteiger partial charge in [0.2, 0.25) is 0 Å². The monoisotopic (exact) mass is 366 g/mol. The molecule has 5 heteroatoms. The highest BCUT2D eigenvalue weighted by Gasteiger charge is 2.38. The van der Waals surface area contributed by atoms with E-state index in [2.05, 4.69) is 19.2 Å². The van der Waals surface area contributed by atoms with E-state index in [0.29, 0.717) is 24.4 Å². The van der Waals surface area contributed by atoms with Crippen LogP contribution in [0.15, 0.2) is 54.2 Å². The van der Waals surface area contributed by atoms with Gasteiger partial charge in [-0.3, -0.25) is 14.5 Å². The quantitative estimate of drug-likeness (QED) is 0.763. The average Bonchev–Trinajstić information content (AvgIpc) is 2.88.